The lowest BCUT2D eigenvalue weighted by Crippen LogP contribution is -2.29. The molecular formula is C26H27N5O3S. The molecule has 0 fully saturated rings. The van der Waals surface area contributed by atoms with Crippen molar-refractivity contribution in [2.24, 2.45) is 7.05 Å². The van der Waals surface area contributed by atoms with Gasteiger partial charge in [0.1, 0.15) is 5.75 Å². The monoisotopic (exact) mass is 489 g/mol. The van der Waals surface area contributed by atoms with Crippen LogP contribution in [0.1, 0.15) is 24.4 Å². The van der Waals surface area contributed by atoms with Gasteiger partial charge in [-0.2, -0.15) is 0 Å². The van der Waals surface area contributed by atoms with E-state index in [-0.39, 0.29) is 30.0 Å². The minimum atomic E-state index is -0.334. The topological polar surface area (TPSA) is 98.1 Å². The summed E-state index contributed by atoms with van der Waals surface area (Å²) in [5.41, 5.74) is 1.64. The molecule has 0 aliphatic carbocycles. The Bertz CT molecular complexity index is 1340. The van der Waals surface area contributed by atoms with Gasteiger partial charge in [-0.3, -0.25) is 9.59 Å². The average molecular weight is 490 g/mol. The van der Waals surface area contributed by atoms with Crippen LogP contribution in [0.25, 0.3) is 10.8 Å². The fourth-order valence-corrected chi connectivity index (χ4v) is 4.43. The predicted octanol–water partition coefficient (Wildman–Crippen LogP) is 4.13. The first-order chi connectivity index (χ1) is 16.9. The highest BCUT2D eigenvalue weighted by Gasteiger charge is 2.18. The van der Waals surface area contributed by atoms with Gasteiger partial charge in [0, 0.05) is 12.7 Å². The molecule has 4 rings (SSSR count). The summed E-state index contributed by atoms with van der Waals surface area (Å²) in [7, 11) is 3.43. The second kappa shape index (κ2) is 11.1. The van der Waals surface area contributed by atoms with Gasteiger partial charge < -0.3 is 19.9 Å². The summed E-state index contributed by atoms with van der Waals surface area (Å²) in [5, 5.41) is 17.1. The molecule has 0 spiro atoms. The fraction of sp³-hybridized carbons (Fsp3) is 0.231. The molecule has 2 amide bonds. The van der Waals surface area contributed by atoms with Crippen LogP contribution in [0.2, 0.25) is 0 Å². The Balaban J connectivity index is 1.30. The van der Waals surface area contributed by atoms with E-state index < -0.39 is 0 Å². The van der Waals surface area contributed by atoms with Crippen LogP contribution >= 0.6 is 11.8 Å². The minimum Gasteiger partial charge on any atom is -0.497 e. The second-order valence-electron chi connectivity index (χ2n) is 8.11. The van der Waals surface area contributed by atoms with Crippen LogP contribution in [0.5, 0.6) is 5.75 Å². The number of hydrogen-bond donors (Lipinski definition) is 2. The van der Waals surface area contributed by atoms with Crippen LogP contribution in [0.4, 0.5) is 5.69 Å². The lowest BCUT2D eigenvalue weighted by atomic mass is 10.1. The summed E-state index contributed by atoms with van der Waals surface area (Å²) >= 11 is 1.29. The lowest BCUT2D eigenvalue weighted by molar-refractivity contribution is -0.121. The van der Waals surface area contributed by atoms with Crippen molar-refractivity contribution in [2.75, 3.05) is 18.2 Å². The number of nitrogens with one attached hydrogen (secondary N) is 2. The number of ether oxygens (including phenoxy) is 1. The smallest absolute Gasteiger partial charge is 0.234 e. The Labute approximate surface area is 208 Å². The molecule has 0 aliphatic rings. The Morgan fingerprint density at radius 2 is 1.74 bits per heavy atom. The zero-order valence-electron chi connectivity index (χ0n) is 19.8. The van der Waals surface area contributed by atoms with E-state index in [1.54, 1.807) is 11.7 Å². The molecule has 4 aromatic rings. The zero-order valence-corrected chi connectivity index (χ0v) is 20.6. The highest BCUT2D eigenvalue weighted by Crippen LogP contribution is 2.22. The highest BCUT2D eigenvalue weighted by molar-refractivity contribution is 7.99. The number of anilines is 1. The third-order valence-corrected chi connectivity index (χ3v) is 6.54. The predicted molar refractivity (Wildman–Crippen MR) is 138 cm³/mol. The molecule has 35 heavy (non-hydrogen) atoms. The number of nitrogens with zero attached hydrogens (tertiary/aromatic N) is 3. The third-order valence-electron chi connectivity index (χ3n) is 5.52. The molecule has 3 aromatic carbocycles. The number of amides is 2. The maximum absolute atomic E-state index is 12.5. The van der Waals surface area contributed by atoms with Crippen LogP contribution in [0.3, 0.4) is 0 Å². The van der Waals surface area contributed by atoms with Gasteiger partial charge in [0.2, 0.25) is 11.8 Å². The summed E-state index contributed by atoms with van der Waals surface area (Å²) in [6, 6.07) is 20.9. The number of fused-ring (bicyclic) bond motifs is 1. The van der Waals surface area contributed by atoms with Crippen molar-refractivity contribution in [2.45, 2.75) is 24.5 Å². The highest BCUT2D eigenvalue weighted by atomic mass is 32.2. The molecule has 0 unspecified atom stereocenters. The first-order valence-electron chi connectivity index (χ1n) is 11.2. The standard InChI is InChI=1S/C26H27N5O3S/c1-17(27-23(32)14-18-8-12-22(34-3)13-9-18)25-29-30-26(31(25)2)35-16-24(33)28-21-11-10-19-6-4-5-7-20(19)15-21/h4-13,15,17H,14,16H2,1-3H3,(H,27,32)(H,28,33)/t17-/m0/s1. The van der Waals surface area contributed by atoms with Gasteiger partial charge in [-0.1, -0.05) is 54.2 Å². The van der Waals surface area contributed by atoms with Crippen LogP contribution in [0, 0.1) is 0 Å². The van der Waals surface area contributed by atoms with E-state index in [0.717, 1.165) is 27.8 Å². The van der Waals surface area contributed by atoms with Crippen LogP contribution in [0.15, 0.2) is 71.9 Å². The minimum absolute atomic E-state index is 0.116. The van der Waals surface area contributed by atoms with Crippen molar-refractivity contribution in [3.05, 3.63) is 78.1 Å². The summed E-state index contributed by atoms with van der Waals surface area (Å²) in [6.07, 6.45) is 0.253. The molecule has 9 heteroatoms. The zero-order chi connectivity index (χ0) is 24.8. The largest absolute Gasteiger partial charge is 0.497 e. The quantitative estimate of drug-likeness (QED) is 0.343. The molecule has 2 N–H and O–H groups in total. The number of rotatable bonds is 9. The molecule has 0 saturated heterocycles. The average Bonchev–Trinajstić information content (AvgIpc) is 3.23. The molecular weight excluding hydrogens is 462 g/mol. The van der Waals surface area contributed by atoms with Crippen molar-refractivity contribution in [3.63, 3.8) is 0 Å². The molecule has 180 valence electrons. The molecule has 1 atom stereocenters. The van der Waals surface area contributed by atoms with Gasteiger partial charge in [0.25, 0.3) is 0 Å². The molecule has 1 heterocycles. The number of methoxy groups -OCH3 is 1. The summed E-state index contributed by atoms with van der Waals surface area (Å²) in [4.78, 5) is 25.0. The maximum atomic E-state index is 12.5. The van der Waals surface area contributed by atoms with Gasteiger partial charge >= 0.3 is 0 Å². The normalized spacial score (nSPS) is 11.7. The Morgan fingerprint density at radius 3 is 2.49 bits per heavy atom. The molecule has 0 aliphatic heterocycles. The number of carbonyl (C=O) groups is 2. The maximum Gasteiger partial charge on any atom is 0.234 e. The van der Waals surface area contributed by atoms with E-state index in [1.807, 2.05) is 80.7 Å². The number of aromatic nitrogens is 3. The summed E-state index contributed by atoms with van der Waals surface area (Å²) < 4.78 is 6.94. The van der Waals surface area contributed by atoms with E-state index >= 15 is 0 Å². The number of benzene rings is 3. The first kappa shape index (κ1) is 24.3. The second-order valence-corrected chi connectivity index (χ2v) is 9.06. The van der Waals surface area contributed by atoms with Gasteiger partial charge in [-0.25, -0.2) is 0 Å². The van der Waals surface area contributed by atoms with Crippen molar-refractivity contribution in [1.29, 1.82) is 0 Å². The molecule has 8 nitrogen and oxygen atoms in total. The number of carbonyl (C=O) groups excluding carboxylic acids is 2. The molecule has 0 bridgehead atoms. The molecule has 0 saturated carbocycles. The van der Waals surface area contributed by atoms with Crippen molar-refractivity contribution in [3.8, 4) is 5.75 Å². The molecule has 1 aromatic heterocycles. The summed E-state index contributed by atoms with van der Waals surface area (Å²) in [6.45, 7) is 1.86. The third kappa shape index (κ3) is 6.19. The first-order valence-corrected chi connectivity index (χ1v) is 12.1. The van der Waals surface area contributed by atoms with Gasteiger partial charge in [-0.05, 0) is 47.5 Å². The Hall–Kier alpha value is -3.85. The van der Waals surface area contributed by atoms with E-state index in [1.165, 1.54) is 11.8 Å². The van der Waals surface area contributed by atoms with Crippen molar-refractivity contribution in [1.82, 2.24) is 20.1 Å². The molecule has 0 radical (unpaired) electrons. The Kier molecular flexibility index (Phi) is 7.67. The van der Waals surface area contributed by atoms with Gasteiger partial charge in [-0.15, -0.1) is 10.2 Å². The fourth-order valence-electron chi connectivity index (χ4n) is 3.71. The summed E-state index contributed by atoms with van der Waals surface area (Å²) in [5.74, 6) is 1.31. The van der Waals surface area contributed by atoms with Crippen molar-refractivity contribution >= 4 is 40.0 Å². The van der Waals surface area contributed by atoms with Crippen molar-refractivity contribution < 1.29 is 14.3 Å². The van der Waals surface area contributed by atoms with Crippen LogP contribution < -0.4 is 15.4 Å². The SMILES string of the molecule is COc1ccc(CC(=O)N[C@@H](C)c2nnc(SCC(=O)Nc3ccc4ccccc4c3)n2C)cc1. The van der Waals surface area contributed by atoms with E-state index in [9.17, 15) is 9.59 Å². The van der Waals surface area contributed by atoms with Gasteiger partial charge in [0.15, 0.2) is 11.0 Å². The number of thioether (sulfide) groups is 1. The van der Waals surface area contributed by atoms with E-state index in [2.05, 4.69) is 20.8 Å². The van der Waals surface area contributed by atoms with E-state index in [0.29, 0.717) is 11.0 Å². The van der Waals surface area contributed by atoms with Crippen LogP contribution in [-0.4, -0.2) is 39.4 Å². The van der Waals surface area contributed by atoms with Crippen LogP contribution in [-0.2, 0) is 23.1 Å². The lowest BCUT2D eigenvalue weighted by Gasteiger charge is -2.14. The number of hydrogen-bond acceptors (Lipinski definition) is 6. The van der Waals surface area contributed by atoms with E-state index in [4.69, 9.17) is 4.74 Å². The van der Waals surface area contributed by atoms with Gasteiger partial charge in [0.05, 0.1) is 25.3 Å². The Morgan fingerprint density at radius 1 is 1.00 bits per heavy atom.